The molecule has 0 spiro atoms. The van der Waals surface area contributed by atoms with Crippen LogP contribution >= 0.6 is 0 Å². The average Bonchev–Trinajstić information content (AvgIpc) is 2.82. The minimum atomic E-state index is -1.38. The highest BCUT2D eigenvalue weighted by atomic mass is 19.1. The Morgan fingerprint density at radius 3 is 2.03 bits per heavy atom. The van der Waals surface area contributed by atoms with Gasteiger partial charge in [-0.2, -0.15) is 4.39 Å². The number of hydrogen-bond acceptors (Lipinski definition) is 3. The maximum atomic E-state index is 13.3. The number of hydrogen-bond donors (Lipinski definition) is 1. The molecule has 1 N–H and O–H groups in total. The summed E-state index contributed by atoms with van der Waals surface area (Å²) in [6.45, 7) is 11.7. The molecule has 0 saturated heterocycles. The van der Waals surface area contributed by atoms with Gasteiger partial charge in [-0.3, -0.25) is 14.6 Å². The minimum Gasteiger partial charge on any atom is -0.351 e. The van der Waals surface area contributed by atoms with E-state index >= 15 is 0 Å². The molecule has 0 unspecified atom stereocenters. The van der Waals surface area contributed by atoms with Gasteiger partial charge in [-0.25, -0.2) is 4.39 Å². The summed E-state index contributed by atoms with van der Waals surface area (Å²) in [6.07, 6.45) is 5.06. The monoisotopic (exact) mass is 484 g/mol. The Balaban J connectivity index is 0.000000402. The van der Waals surface area contributed by atoms with Gasteiger partial charge in [-0.1, -0.05) is 45.9 Å². The zero-order chi connectivity index (χ0) is 26.1. The van der Waals surface area contributed by atoms with Crippen LogP contribution in [-0.2, 0) is 4.79 Å². The fourth-order valence-electron chi connectivity index (χ4n) is 4.23. The molecule has 2 aromatic carbocycles. The third kappa shape index (κ3) is 9.00. The zero-order valence-electron chi connectivity index (χ0n) is 21.5. The molecule has 1 aliphatic carbocycles. The normalized spacial score (nSPS) is 20.4. The third-order valence-corrected chi connectivity index (χ3v) is 6.54. The topological polar surface area (TPSA) is 58.5 Å². The van der Waals surface area contributed by atoms with E-state index in [2.05, 4.69) is 33.0 Å². The molecular formula is C29H38F2N2O2. The predicted octanol–water partition coefficient (Wildman–Crippen LogP) is 6.93. The number of halogens is 2. The number of carbonyl (C=O) groups excluding carboxylic acids is 2. The number of aliphatic imine (C=N–C) groups is 1. The van der Waals surface area contributed by atoms with Crippen LogP contribution in [0.3, 0.4) is 0 Å². The quantitative estimate of drug-likeness (QED) is 0.357. The van der Waals surface area contributed by atoms with Crippen LogP contribution in [0.4, 0.5) is 8.78 Å². The van der Waals surface area contributed by atoms with Crippen LogP contribution < -0.4 is 5.32 Å². The van der Waals surface area contributed by atoms with Crippen molar-refractivity contribution in [2.45, 2.75) is 72.3 Å². The second kappa shape index (κ2) is 12.7. The standard InChI is InChI=1S/C22H33FN2O.C7H5FO/c1-6-15-24-20(26)19(16-7-9-18(23)10-8-16)25-22(5)13-11-17(12-14-22)21(2,3)4;8-7(9)6-4-2-1-3-5-6/h7-10,17H,6,11-15H2,1-5H3,(H,24,26);1-5H. The van der Waals surface area contributed by atoms with Gasteiger partial charge in [0.05, 0.1) is 11.1 Å². The second-order valence-corrected chi connectivity index (χ2v) is 10.5. The molecule has 0 radical (unpaired) electrons. The summed E-state index contributed by atoms with van der Waals surface area (Å²) in [4.78, 5) is 27.6. The van der Waals surface area contributed by atoms with Crippen LogP contribution in [0.5, 0.6) is 0 Å². The van der Waals surface area contributed by atoms with E-state index in [0.29, 0.717) is 29.2 Å². The van der Waals surface area contributed by atoms with Crippen LogP contribution in [0.1, 0.15) is 82.6 Å². The molecule has 0 aromatic heterocycles. The summed E-state index contributed by atoms with van der Waals surface area (Å²) in [5.41, 5.74) is 1.28. The number of nitrogens with zero attached hydrogens (tertiary/aromatic N) is 1. The maximum Gasteiger partial charge on any atom is 0.332 e. The smallest absolute Gasteiger partial charge is 0.332 e. The summed E-state index contributed by atoms with van der Waals surface area (Å²) in [7, 11) is 0. The molecule has 35 heavy (non-hydrogen) atoms. The highest BCUT2D eigenvalue weighted by Gasteiger charge is 2.36. The Labute approximate surface area is 208 Å². The maximum absolute atomic E-state index is 13.3. The molecule has 3 rings (SSSR count). The van der Waals surface area contributed by atoms with Crippen LogP contribution in [0, 0.1) is 17.2 Å². The van der Waals surface area contributed by atoms with Gasteiger partial charge < -0.3 is 5.32 Å². The van der Waals surface area contributed by atoms with Crippen molar-refractivity contribution >= 4 is 17.7 Å². The first-order valence-corrected chi connectivity index (χ1v) is 12.3. The van der Waals surface area contributed by atoms with Gasteiger partial charge in [0.1, 0.15) is 11.5 Å². The van der Waals surface area contributed by atoms with Crippen molar-refractivity contribution in [2.24, 2.45) is 16.3 Å². The SMILES string of the molecule is CCCNC(=O)C(=NC1(C)CCC(C(C)(C)C)CC1)c1ccc(F)cc1.O=C(F)c1ccccc1. The molecule has 0 bridgehead atoms. The van der Waals surface area contributed by atoms with E-state index in [4.69, 9.17) is 4.99 Å². The zero-order valence-corrected chi connectivity index (χ0v) is 21.5. The number of amides is 1. The molecule has 4 nitrogen and oxygen atoms in total. The van der Waals surface area contributed by atoms with Gasteiger partial charge in [0.15, 0.2) is 0 Å². The molecule has 0 atom stereocenters. The lowest BCUT2D eigenvalue weighted by Gasteiger charge is -2.40. The van der Waals surface area contributed by atoms with Crippen LogP contribution in [0.2, 0.25) is 0 Å². The van der Waals surface area contributed by atoms with E-state index in [1.807, 2.05) is 6.92 Å². The van der Waals surface area contributed by atoms with Gasteiger partial charge >= 0.3 is 6.04 Å². The van der Waals surface area contributed by atoms with Crippen molar-refractivity contribution in [1.82, 2.24) is 5.32 Å². The fraction of sp³-hybridized carbons (Fsp3) is 0.483. The van der Waals surface area contributed by atoms with Gasteiger partial charge in [-0.05, 0) is 86.8 Å². The first kappa shape index (κ1) is 28.3. The first-order valence-electron chi connectivity index (χ1n) is 12.3. The van der Waals surface area contributed by atoms with Crippen LogP contribution in [-0.4, -0.2) is 29.7 Å². The molecular weight excluding hydrogens is 446 g/mol. The number of nitrogens with one attached hydrogen (secondary N) is 1. The summed E-state index contributed by atoms with van der Waals surface area (Å²) in [5.74, 6) is 0.213. The molecule has 190 valence electrons. The Bertz CT molecular complexity index is 988. The van der Waals surface area contributed by atoms with Crippen molar-refractivity contribution in [3.05, 3.63) is 71.5 Å². The van der Waals surface area contributed by atoms with E-state index in [0.717, 1.165) is 32.1 Å². The molecule has 1 saturated carbocycles. The number of benzene rings is 2. The Morgan fingerprint density at radius 1 is 1.00 bits per heavy atom. The Morgan fingerprint density at radius 2 is 1.57 bits per heavy atom. The lowest BCUT2D eigenvalue weighted by molar-refractivity contribution is -0.114. The van der Waals surface area contributed by atoms with Crippen molar-refractivity contribution in [1.29, 1.82) is 0 Å². The number of rotatable bonds is 6. The molecule has 6 heteroatoms. The molecule has 2 aromatic rings. The second-order valence-electron chi connectivity index (χ2n) is 10.5. The lowest BCUT2D eigenvalue weighted by atomic mass is 9.68. The molecule has 1 fully saturated rings. The summed E-state index contributed by atoms with van der Waals surface area (Å²) < 4.78 is 25.1. The van der Waals surface area contributed by atoms with E-state index in [-0.39, 0.29) is 22.8 Å². The number of carbonyl (C=O) groups is 2. The van der Waals surface area contributed by atoms with Gasteiger partial charge in [0.25, 0.3) is 5.91 Å². The van der Waals surface area contributed by atoms with Crippen molar-refractivity contribution in [3.63, 3.8) is 0 Å². The summed E-state index contributed by atoms with van der Waals surface area (Å²) in [6, 6.07) is 12.5. The largest absolute Gasteiger partial charge is 0.351 e. The first-order chi connectivity index (χ1) is 16.4. The van der Waals surface area contributed by atoms with Crippen molar-refractivity contribution in [3.8, 4) is 0 Å². The lowest BCUT2D eigenvalue weighted by Crippen LogP contribution is -2.38. The molecule has 0 aliphatic heterocycles. The van der Waals surface area contributed by atoms with E-state index in [9.17, 15) is 18.4 Å². The predicted molar refractivity (Wildman–Crippen MR) is 138 cm³/mol. The highest BCUT2D eigenvalue weighted by molar-refractivity contribution is 6.45. The third-order valence-electron chi connectivity index (χ3n) is 6.54. The van der Waals surface area contributed by atoms with E-state index < -0.39 is 6.04 Å². The summed E-state index contributed by atoms with van der Waals surface area (Å²) in [5, 5.41) is 2.92. The van der Waals surface area contributed by atoms with Gasteiger partial charge in [0, 0.05) is 12.1 Å². The Kier molecular flexibility index (Phi) is 10.3. The minimum absolute atomic E-state index is 0.109. The van der Waals surface area contributed by atoms with Crippen molar-refractivity contribution < 1.29 is 18.4 Å². The summed E-state index contributed by atoms with van der Waals surface area (Å²) >= 11 is 0. The fourth-order valence-corrected chi connectivity index (χ4v) is 4.23. The van der Waals surface area contributed by atoms with E-state index in [1.165, 1.54) is 24.3 Å². The van der Waals surface area contributed by atoms with Crippen LogP contribution in [0.25, 0.3) is 0 Å². The molecule has 1 aliphatic rings. The molecule has 0 heterocycles. The van der Waals surface area contributed by atoms with Crippen molar-refractivity contribution in [2.75, 3.05) is 6.54 Å². The molecule has 1 amide bonds. The van der Waals surface area contributed by atoms with Crippen LogP contribution in [0.15, 0.2) is 59.6 Å². The average molecular weight is 485 g/mol. The van der Waals surface area contributed by atoms with E-state index in [1.54, 1.807) is 30.3 Å². The highest BCUT2D eigenvalue weighted by Crippen LogP contribution is 2.43. The van der Waals surface area contributed by atoms with Gasteiger partial charge in [-0.15, -0.1) is 0 Å². The van der Waals surface area contributed by atoms with Gasteiger partial charge in [0.2, 0.25) is 0 Å². The Hall–Kier alpha value is -2.89.